The number of carbonyl (C=O) groups is 1. The molecular formula is C10H11ClFNO2S. The Balaban J connectivity index is 2.10. The van der Waals surface area contributed by atoms with E-state index in [1.165, 1.54) is 16.2 Å². The summed E-state index contributed by atoms with van der Waals surface area (Å²) in [5.41, 5.74) is 0. The zero-order valence-electron chi connectivity index (χ0n) is 8.65. The lowest BCUT2D eigenvalue weighted by Crippen LogP contribution is -2.42. The van der Waals surface area contributed by atoms with Crippen molar-refractivity contribution in [3.63, 3.8) is 0 Å². The van der Waals surface area contributed by atoms with Gasteiger partial charge in [0, 0.05) is 7.05 Å². The van der Waals surface area contributed by atoms with Gasteiger partial charge in [-0.15, -0.1) is 11.3 Å². The second-order valence-electron chi connectivity index (χ2n) is 3.64. The molecule has 0 spiro atoms. The number of amides is 1. The Kier molecular flexibility index (Phi) is 3.47. The minimum absolute atomic E-state index is 0.0630. The fourth-order valence-electron chi connectivity index (χ4n) is 1.62. The normalized spacial score (nSPS) is 24.7. The molecule has 1 fully saturated rings. The maximum Gasteiger partial charge on any atom is 0.264 e. The smallest absolute Gasteiger partial charge is 0.264 e. The third-order valence-electron chi connectivity index (χ3n) is 2.58. The largest absolute Gasteiger partial charge is 0.376 e. The van der Waals surface area contributed by atoms with Gasteiger partial charge in [0.1, 0.15) is 6.17 Å². The Labute approximate surface area is 102 Å². The summed E-state index contributed by atoms with van der Waals surface area (Å²) in [5, 5.41) is 0. The van der Waals surface area contributed by atoms with Crippen LogP contribution in [-0.4, -0.2) is 43.3 Å². The molecule has 2 rings (SSSR count). The molecule has 1 amide bonds. The predicted octanol–water partition coefficient (Wildman–Crippen LogP) is 2.21. The molecule has 0 saturated carbocycles. The standard InChI is InChI=1S/C10H11ClFNO2S/c1-13(7-5-15-4-6(7)12)10(14)8-2-3-9(11)16-8/h2-3,6-7H,4-5H2,1H3/t6-,7-/m1/s1. The van der Waals surface area contributed by atoms with Crippen LogP contribution in [-0.2, 0) is 4.74 Å². The van der Waals surface area contributed by atoms with Crippen LogP contribution in [0, 0.1) is 0 Å². The number of hydrogen-bond acceptors (Lipinski definition) is 3. The number of nitrogens with zero attached hydrogens (tertiary/aromatic N) is 1. The van der Waals surface area contributed by atoms with Crippen molar-refractivity contribution < 1.29 is 13.9 Å². The molecule has 1 aliphatic heterocycles. The number of halogens is 2. The maximum atomic E-state index is 13.4. The van der Waals surface area contributed by atoms with Crippen LogP contribution in [0.3, 0.4) is 0 Å². The first-order chi connectivity index (χ1) is 7.59. The highest BCUT2D eigenvalue weighted by Gasteiger charge is 2.34. The molecule has 88 valence electrons. The molecule has 2 heterocycles. The Hall–Kier alpha value is -0.650. The molecule has 0 unspecified atom stereocenters. The van der Waals surface area contributed by atoms with Crippen LogP contribution < -0.4 is 0 Å². The van der Waals surface area contributed by atoms with Crippen molar-refractivity contribution in [2.75, 3.05) is 20.3 Å². The number of thiophene rings is 1. The fraction of sp³-hybridized carbons (Fsp3) is 0.500. The molecule has 16 heavy (non-hydrogen) atoms. The highest BCUT2D eigenvalue weighted by molar-refractivity contribution is 7.17. The van der Waals surface area contributed by atoms with Crippen molar-refractivity contribution >= 4 is 28.8 Å². The fourth-order valence-corrected chi connectivity index (χ4v) is 2.65. The summed E-state index contributed by atoms with van der Waals surface area (Å²) in [7, 11) is 1.59. The summed E-state index contributed by atoms with van der Waals surface area (Å²) in [4.78, 5) is 13.9. The molecule has 0 radical (unpaired) electrons. The summed E-state index contributed by atoms with van der Waals surface area (Å²) < 4.78 is 18.9. The monoisotopic (exact) mass is 263 g/mol. The summed E-state index contributed by atoms with van der Waals surface area (Å²) in [6, 6.07) is 2.81. The lowest BCUT2D eigenvalue weighted by molar-refractivity contribution is 0.0677. The van der Waals surface area contributed by atoms with Crippen molar-refractivity contribution in [2.45, 2.75) is 12.2 Å². The van der Waals surface area contributed by atoms with Gasteiger partial charge in [0.2, 0.25) is 0 Å². The van der Waals surface area contributed by atoms with Crippen LogP contribution >= 0.6 is 22.9 Å². The van der Waals surface area contributed by atoms with Crippen molar-refractivity contribution in [1.29, 1.82) is 0 Å². The third kappa shape index (κ3) is 2.21. The summed E-state index contributed by atoms with van der Waals surface area (Å²) in [5.74, 6) is -0.213. The molecule has 1 aromatic heterocycles. The molecule has 0 bridgehead atoms. The van der Waals surface area contributed by atoms with E-state index in [2.05, 4.69) is 0 Å². The zero-order valence-corrected chi connectivity index (χ0v) is 10.2. The van der Waals surface area contributed by atoms with Crippen LogP contribution in [0.4, 0.5) is 4.39 Å². The Bertz CT molecular complexity index is 398. The second kappa shape index (κ2) is 4.69. The quantitative estimate of drug-likeness (QED) is 0.819. The minimum Gasteiger partial charge on any atom is -0.376 e. The average Bonchev–Trinajstić information content (AvgIpc) is 2.85. The van der Waals surface area contributed by atoms with Gasteiger partial charge < -0.3 is 9.64 Å². The van der Waals surface area contributed by atoms with Crippen LogP contribution in [0.15, 0.2) is 12.1 Å². The molecule has 3 nitrogen and oxygen atoms in total. The summed E-state index contributed by atoms with van der Waals surface area (Å²) in [6.07, 6.45) is -1.11. The first-order valence-corrected chi connectivity index (χ1v) is 6.03. The predicted molar refractivity (Wildman–Crippen MR) is 60.9 cm³/mol. The molecule has 2 atom stereocenters. The SMILES string of the molecule is CN(C(=O)c1ccc(Cl)s1)[C@@H]1COC[C@H]1F. The van der Waals surface area contributed by atoms with Crippen molar-refractivity contribution in [2.24, 2.45) is 0 Å². The lowest BCUT2D eigenvalue weighted by Gasteiger charge is -2.24. The highest BCUT2D eigenvalue weighted by Crippen LogP contribution is 2.24. The van der Waals surface area contributed by atoms with E-state index in [0.717, 1.165) is 0 Å². The number of ether oxygens (including phenoxy) is 1. The second-order valence-corrected chi connectivity index (χ2v) is 5.36. The third-order valence-corrected chi connectivity index (χ3v) is 3.80. The van der Waals surface area contributed by atoms with E-state index >= 15 is 0 Å². The Morgan fingerprint density at radius 3 is 2.88 bits per heavy atom. The van der Waals surface area contributed by atoms with Gasteiger partial charge in [-0.05, 0) is 12.1 Å². The molecule has 0 aromatic carbocycles. The van der Waals surface area contributed by atoms with E-state index in [1.807, 2.05) is 0 Å². The van der Waals surface area contributed by atoms with E-state index in [-0.39, 0.29) is 19.1 Å². The molecular weight excluding hydrogens is 253 g/mol. The highest BCUT2D eigenvalue weighted by atomic mass is 35.5. The number of rotatable bonds is 2. The molecule has 0 aliphatic carbocycles. The summed E-state index contributed by atoms with van der Waals surface area (Å²) in [6.45, 7) is 0.315. The maximum absolute atomic E-state index is 13.4. The van der Waals surface area contributed by atoms with Crippen LogP contribution in [0.25, 0.3) is 0 Å². The molecule has 1 aliphatic rings. The van der Waals surface area contributed by atoms with E-state index in [0.29, 0.717) is 9.21 Å². The molecule has 0 N–H and O–H groups in total. The van der Waals surface area contributed by atoms with Gasteiger partial charge in [0.25, 0.3) is 5.91 Å². The first-order valence-electron chi connectivity index (χ1n) is 4.84. The number of alkyl halides is 1. The van der Waals surface area contributed by atoms with E-state index in [9.17, 15) is 9.18 Å². The van der Waals surface area contributed by atoms with Crippen molar-refractivity contribution in [3.05, 3.63) is 21.3 Å². The van der Waals surface area contributed by atoms with Gasteiger partial charge >= 0.3 is 0 Å². The van der Waals surface area contributed by atoms with Gasteiger partial charge in [0.15, 0.2) is 0 Å². The number of carbonyl (C=O) groups excluding carboxylic acids is 1. The van der Waals surface area contributed by atoms with E-state index < -0.39 is 12.2 Å². The lowest BCUT2D eigenvalue weighted by atomic mass is 10.2. The number of hydrogen-bond donors (Lipinski definition) is 0. The zero-order chi connectivity index (χ0) is 11.7. The van der Waals surface area contributed by atoms with Crippen LogP contribution in [0.2, 0.25) is 4.34 Å². The van der Waals surface area contributed by atoms with Crippen molar-refractivity contribution in [3.8, 4) is 0 Å². The van der Waals surface area contributed by atoms with Gasteiger partial charge in [-0.25, -0.2) is 4.39 Å². The Morgan fingerprint density at radius 1 is 1.62 bits per heavy atom. The molecule has 1 aromatic rings. The first kappa shape index (κ1) is 11.8. The van der Waals surface area contributed by atoms with Crippen LogP contribution in [0.5, 0.6) is 0 Å². The molecule has 6 heteroatoms. The van der Waals surface area contributed by atoms with Crippen molar-refractivity contribution in [1.82, 2.24) is 4.90 Å². The average molecular weight is 264 g/mol. The Morgan fingerprint density at radius 2 is 2.38 bits per heavy atom. The van der Waals surface area contributed by atoms with Gasteiger partial charge in [-0.3, -0.25) is 4.79 Å². The van der Waals surface area contributed by atoms with E-state index in [1.54, 1.807) is 19.2 Å². The van der Waals surface area contributed by atoms with Crippen LogP contribution in [0.1, 0.15) is 9.67 Å². The molecule has 1 saturated heterocycles. The summed E-state index contributed by atoms with van der Waals surface area (Å²) >= 11 is 6.94. The topological polar surface area (TPSA) is 29.5 Å². The van der Waals surface area contributed by atoms with E-state index in [4.69, 9.17) is 16.3 Å². The minimum atomic E-state index is -1.11. The van der Waals surface area contributed by atoms with Gasteiger partial charge in [0.05, 0.1) is 28.5 Å². The van der Waals surface area contributed by atoms with Gasteiger partial charge in [-0.1, -0.05) is 11.6 Å². The van der Waals surface area contributed by atoms with Gasteiger partial charge in [-0.2, -0.15) is 0 Å². The number of likely N-dealkylation sites (N-methyl/N-ethyl adjacent to an activating group) is 1.